The minimum Gasteiger partial charge on any atom is -0.399 e. The average Bonchev–Trinajstić information content (AvgIpc) is 2.91. The van der Waals surface area contributed by atoms with E-state index in [9.17, 15) is 0 Å². The van der Waals surface area contributed by atoms with Crippen LogP contribution in [0.15, 0.2) is 54.9 Å². The van der Waals surface area contributed by atoms with Crippen LogP contribution in [0.2, 0.25) is 5.02 Å². The molecule has 19 heavy (non-hydrogen) atoms. The van der Waals surface area contributed by atoms with Gasteiger partial charge in [0, 0.05) is 16.9 Å². The molecule has 5 heteroatoms. The number of nitrogens with two attached hydrogens (primary N) is 1. The quantitative estimate of drug-likeness (QED) is 0.728. The van der Waals surface area contributed by atoms with Gasteiger partial charge in [0.05, 0.1) is 5.02 Å². The topological polar surface area (TPSA) is 56.7 Å². The summed E-state index contributed by atoms with van der Waals surface area (Å²) in [5.41, 5.74) is 8.19. The first-order valence-corrected chi connectivity index (χ1v) is 6.14. The lowest BCUT2D eigenvalue weighted by molar-refractivity contribution is 1.06. The van der Waals surface area contributed by atoms with Crippen molar-refractivity contribution in [2.24, 2.45) is 0 Å². The largest absolute Gasteiger partial charge is 0.399 e. The molecule has 0 saturated carbocycles. The second-order valence-electron chi connectivity index (χ2n) is 4.10. The van der Waals surface area contributed by atoms with Crippen molar-refractivity contribution in [2.75, 3.05) is 5.73 Å². The van der Waals surface area contributed by atoms with Crippen LogP contribution in [0, 0.1) is 0 Å². The van der Waals surface area contributed by atoms with Crippen LogP contribution in [0.3, 0.4) is 0 Å². The van der Waals surface area contributed by atoms with Crippen LogP contribution in [0.5, 0.6) is 0 Å². The van der Waals surface area contributed by atoms with Crippen molar-refractivity contribution in [1.82, 2.24) is 14.8 Å². The first-order chi connectivity index (χ1) is 9.25. The van der Waals surface area contributed by atoms with E-state index in [1.807, 2.05) is 34.9 Å². The van der Waals surface area contributed by atoms with Crippen molar-refractivity contribution in [3.8, 4) is 17.1 Å². The van der Waals surface area contributed by atoms with E-state index in [0.29, 0.717) is 16.5 Å². The van der Waals surface area contributed by atoms with Crippen molar-refractivity contribution < 1.29 is 0 Å². The second kappa shape index (κ2) is 4.74. The zero-order valence-corrected chi connectivity index (χ0v) is 10.7. The zero-order chi connectivity index (χ0) is 13.2. The summed E-state index contributed by atoms with van der Waals surface area (Å²) in [6.45, 7) is 0. The van der Waals surface area contributed by atoms with Crippen LogP contribution < -0.4 is 5.73 Å². The van der Waals surface area contributed by atoms with Crippen molar-refractivity contribution in [1.29, 1.82) is 0 Å². The summed E-state index contributed by atoms with van der Waals surface area (Å²) in [7, 11) is 0. The molecule has 4 nitrogen and oxygen atoms in total. The third-order valence-electron chi connectivity index (χ3n) is 2.81. The number of hydrogen-bond donors (Lipinski definition) is 1. The lowest BCUT2D eigenvalue weighted by Gasteiger charge is -2.08. The maximum absolute atomic E-state index is 6.21. The zero-order valence-electron chi connectivity index (χ0n) is 9.99. The third kappa shape index (κ3) is 2.18. The molecular weight excluding hydrogens is 260 g/mol. The fraction of sp³-hybridized carbons (Fsp3) is 0. The number of nitrogen functional groups attached to an aromatic ring is 1. The summed E-state index contributed by atoms with van der Waals surface area (Å²) >= 11 is 6.21. The van der Waals surface area contributed by atoms with Gasteiger partial charge in [-0.3, -0.25) is 4.57 Å². The molecule has 0 amide bonds. The molecule has 0 spiro atoms. The van der Waals surface area contributed by atoms with Gasteiger partial charge < -0.3 is 5.73 Å². The molecule has 0 atom stereocenters. The Morgan fingerprint density at radius 2 is 1.84 bits per heavy atom. The van der Waals surface area contributed by atoms with E-state index in [-0.39, 0.29) is 0 Å². The number of para-hydroxylation sites is 1. The number of hydrogen-bond acceptors (Lipinski definition) is 3. The van der Waals surface area contributed by atoms with Gasteiger partial charge in [-0.25, -0.2) is 0 Å². The summed E-state index contributed by atoms with van der Waals surface area (Å²) < 4.78 is 1.88. The van der Waals surface area contributed by atoms with Crippen LogP contribution in [-0.2, 0) is 0 Å². The second-order valence-corrected chi connectivity index (χ2v) is 4.51. The molecular formula is C14H11ClN4. The molecule has 2 N–H and O–H groups in total. The molecule has 0 unspecified atom stereocenters. The minimum absolute atomic E-state index is 0.597. The van der Waals surface area contributed by atoms with E-state index in [4.69, 9.17) is 17.3 Å². The Morgan fingerprint density at radius 1 is 1.05 bits per heavy atom. The molecule has 0 fully saturated rings. The van der Waals surface area contributed by atoms with E-state index in [1.165, 1.54) is 0 Å². The number of anilines is 1. The Balaban J connectivity index is 2.18. The SMILES string of the molecule is Nc1ccc(Cl)c(-c2nncn2-c2ccccc2)c1. The summed E-state index contributed by atoms with van der Waals surface area (Å²) in [4.78, 5) is 0. The van der Waals surface area contributed by atoms with Gasteiger partial charge in [0.25, 0.3) is 0 Å². The third-order valence-corrected chi connectivity index (χ3v) is 3.14. The average molecular weight is 271 g/mol. The fourth-order valence-corrected chi connectivity index (χ4v) is 2.11. The van der Waals surface area contributed by atoms with E-state index < -0.39 is 0 Å². The van der Waals surface area contributed by atoms with Gasteiger partial charge in [0.15, 0.2) is 5.82 Å². The molecule has 0 bridgehead atoms. The number of benzene rings is 2. The van der Waals surface area contributed by atoms with Gasteiger partial charge in [-0.15, -0.1) is 10.2 Å². The van der Waals surface area contributed by atoms with Gasteiger partial charge in [-0.1, -0.05) is 29.8 Å². The molecule has 2 aromatic carbocycles. The highest BCUT2D eigenvalue weighted by Gasteiger charge is 2.12. The van der Waals surface area contributed by atoms with Crippen molar-refractivity contribution in [2.45, 2.75) is 0 Å². The van der Waals surface area contributed by atoms with Gasteiger partial charge in [-0.2, -0.15) is 0 Å². The highest BCUT2D eigenvalue weighted by molar-refractivity contribution is 6.33. The predicted molar refractivity (Wildman–Crippen MR) is 76.2 cm³/mol. The molecule has 0 aliphatic rings. The van der Waals surface area contributed by atoms with Crippen LogP contribution in [0.25, 0.3) is 17.1 Å². The number of aromatic nitrogens is 3. The normalized spacial score (nSPS) is 10.6. The standard InChI is InChI=1S/C14H11ClN4/c15-13-7-6-10(16)8-12(13)14-18-17-9-19(14)11-4-2-1-3-5-11/h1-9H,16H2. The number of rotatable bonds is 2. The Labute approximate surface area is 115 Å². The van der Waals surface area contributed by atoms with E-state index in [2.05, 4.69) is 10.2 Å². The fourth-order valence-electron chi connectivity index (χ4n) is 1.91. The Hall–Kier alpha value is -2.33. The lowest BCUT2D eigenvalue weighted by Crippen LogP contribution is -1.97. The molecule has 1 aromatic heterocycles. The monoisotopic (exact) mass is 270 g/mol. The van der Waals surface area contributed by atoms with Gasteiger partial charge in [0.1, 0.15) is 6.33 Å². The van der Waals surface area contributed by atoms with Crippen LogP contribution in [-0.4, -0.2) is 14.8 Å². The molecule has 0 aliphatic heterocycles. The Morgan fingerprint density at radius 3 is 2.63 bits per heavy atom. The highest BCUT2D eigenvalue weighted by Crippen LogP contribution is 2.29. The lowest BCUT2D eigenvalue weighted by atomic mass is 10.2. The summed E-state index contributed by atoms with van der Waals surface area (Å²) in [5.74, 6) is 0.670. The maximum atomic E-state index is 6.21. The van der Waals surface area contributed by atoms with E-state index in [1.54, 1.807) is 24.5 Å². The molecule has 3 aromatic rings. The Kier molecular flexibility index (Phi) is 2.93. The smallest absolute Gasteiger partial charge is 0.169 e. The van der Waals surface area contributed by atoms with Crippen molar-refractivity contribution in [3.63, 3.8) is 0 Å². The van der Waals surface area contributed by atoms with Gasteiger partial charge in [-0.05, 0) is 30.3 Å². The number of halogens is 1. The number of nitrogens with zero attached hydrogens (tertiary/aromatic N) is 3. The van der Waals surface area contributed by atoms with E-state index >= 15 is 0 Å². The molecule has 1 heterocycles. The maximum Gasteiger partial charge on any atom is 0.169 e. The first-order valence-electron chi connectivity index (χ1n) is 5.76. The van der Waals surface area contributed by atoms with Crippen LogP contribution in [0.4, 0.5) is 5.69 Å². The molecule has 94 valence electrons. The molecule has 0 aliphatic carbocycles. The van der Waals surface area contributed by atoms with Gasteiger partial charge in [0.2, 0.25) is 0 Å². The van der Waals surface area contributed by atoms with Crippen molar-refractivity contribution >= 4 is 17.3 Å². The first kappa shape index (κ1) is 11.7. The summed E-state index contributed by atoms with van der Waals surface area (Å²) in [6, 6.07) is 15.2. The highest BCUT2D eigenvalue weighted by atomic mass is 35.5. The minimum atomic E-state index is 0.597. The molecule has 0 radical (unpaired) electrons. The Bertz CT molecular complexity index is 706. The van der Waals surface area contributed by atoms with Crippen LogP contribution >= 0.6 is 11.6 Å². The molecule has 3 rings (SSSR count). The van der Waals surface area contributed by atoms with Crippen molar-refractivity contribution in [3.05, 3.63) is 59.9 Å². The van der Waals surface area contributed by atoms with Gasteiger partial charge >= 0.3 is 0 Å². The summed E-state index contributed by atoms with van der Waals surface area (Å²) in [6.07, 6.45) is 1.66. The van der Waals surface area contributed by atoms with E-state index in [0.717, 1.165) is 11.3 Å². The van der Waals surface area contributed by atoms with Crippen LogP contribution in [0.1, 0.15) is 0 Å². The molecule has 0 saturated heterocycles. The summed E-state index contributed by atoms with van der Waals surface area (Å²) in [5, 5.41) is 8.69. The predicted octanol–water partition coefficient (Wildman–Crippen LogP) is 3.17.